The molecule has 7 rings (SSSR count). The van der Waals surface area contributed by atoms with Crippen LogP contribution in [0.15, 0.2) is 52.1 Å². The Balaban J connectivity index is 1.26. The van der Waals surface area contributed by atoms with E-state index in [1.165, 1.54) is 14.1 Å². The third-order valence-electron chi connectivity index (χ3n) is 9.42. The van der Waals surface area contributed by atoms with E-state index in [0.717, 1.165) is 33.1 Å². The van der Waals surface area contributed by atoms with Crippen molar-refractivity contribution >= 4 is 45.7 Å². The number of hydrogen-bond acceptors (Lipinski definition) is 10. The molecule has 266 valence electrons. The van der Waals surface area contributed by atoms with E-state index >= 15 is 0 Å². The van der Waals surface area contributed by atoms with Gasteiger partial charge in [-0.15, -0.1) is 0 Å². The van der Waals surface area contributed by atoms with Crippen LogP contribution in [-0.4, -0.2) is 61.7 Å². The number of fused-ring (bicyclic) bond motifs is 2. The van der Waals surface area contributed by atoms with Gasteiger partial charge in [0.15, 0.2) is 11.5 Å². The first-order chi connectivity index (χ1) is 24.5. The Morgan fingerprint density at radius 1 is 1.00 bits per heavy atom. The smallest absolute Gasteiger partial charge is 0.332 e. The summed E-state index contributed by atoms with van der Waals surface area (Å²) in [7, 11) is 4.18. The maximum absolute atomic E-state index is 13.9. The van der Waals surface area contributed by atoms with Crippen molar-refractivity contribution in [1.29, 1.82) is 0 Å². The predicted octanol–water partition coefficient (Wildman–Crippen LogP) is 5.48. The molecule has 1 saturated heterocycles. The summed E-state index contributed by atoms with van der Waals surface area (Å²) in [6.45, 7) is 0.877. The maximum atomic E-state index is 13.9. The van der Waals surface area contributed by atoms with Gasteiger partial charge >= 0.3 is 5.69 Å². The first-order valence-electron chi connectivity index (χ1n) is 16.2. The largest absolute Gasteiger partial charge is 0.481 e. The van der Waals surface area contributed by atoms with Gasteiger partial charge in [0, 0.05) is 55.0 Å². The molecule has 0 unspecified atom stereocenters. The highest BCUT2D eigenvalue weighted by Crippen LogP contribution is 2.44. The summed E-state index contributed by atoms with van der Waals surface area (Å²) in [4.78, 5) is 38.3. The highest BCUT2D eigenvalue weighted by molar-refractivity contribution is 6.39. The van der Waals surface area contributed by atoms with Gasteiger partial charge in [-0.3, -0.25) is 13.9 Å². The van der Waals surface area contributed by atoms with Gasteiger partial charge in [-0.05, 0) is 37.0 Å². The number of halogens is 4. The van der Waals surface area contributed by atoms with Crippen molar-refractivity contribution in [1.82, 2.24) is 29.4 Å². The number of aliphatic hydroxyl groups excluding tert-OH is 1. The molecule has 3 N–H and O–H groups in total. The molecule has 5 aromatic rings. The summed E-state index contributed by atoms with van der Waals surface area (Å²) in [6.07, 6.45) is -1.38. The molecule has 3 atom stereocenters. The van der Waals surface area contributed by atoms with Crippen LogP contribution < -0.4 is 26.6 Å². The minimum Gasteiger partial charge on any atom is -0.481 e. The summed E-state index contributed by atoms with van der Waals surface area (Å²) in [5.41, 5.74) is 2.83. The first kappa shape index (κ1) is 35.0. The van der Waals surface area contributed by atoms with Crippen molar-refractivity contribution in [3.63, 3.8) is 0 Å². The van der Waals surface area contributed by atoms with Crippen molar-refractivity contribution in [2.45, 2.75) is 43.9 Å². The first-order valence-corrected chi connectivity index (χ1v) is 16.9. The number of pyridine rings is 1. The summed E-state index contributed by atoms with van der Waals surface area (Å²) < 4.78 is 40.8. The van der Waals surface area contributed by atoms with E-state index in [-0.39, 0.29) is 39.6 Å². The monoisotopic (exact) mass is 739 g/mol. The molecule has 0 amide bonds. The molecule has 1 fully saturated rings. The van der Waals surface area contributed by atoms with E-state index in [2.05, 4.69) is 20.6 Å². The Morgan fingerprint density at radius 3 is 2.45 bits per heavy atom. The third kappa shape index (κ3) is 6.25. The van der Waals surface area contributed by atoms with Crippen LogP contribution in [-0.2, 0) is 25.3 Å². The number of aryl methyl sites for hydroxylation is 2. The maximum Gasteiger partial charge on any atom is 0.332 e. The lowest BCUT2D eigenvalue weighted by atomic mass is 9.99. The van der Waals surface area contributed by atoms with Gasteiger partial charge in [0.25, 0.3) is 12.0 Å². The second-order valence-corrected chi connectivity index (χ2v) is 13.2. The Morgan fingerprint density at radius 2 is 1.73 bits per heavy atom. The molecule has 0 bridgehead atoms. The molecular formula is C35H33Cl2F2N7O5. The van der Waals surface area contributed by atoms with E-state index in [4.69, 9.17) is 37.7 Å². The molecule has 2 aromatic carbocycles. The number of hydrogen-bond donors (Lipinski definition) is 3. The van der Waals surface area contributed by atoms with Crippen molar-refractivity contribution in [2.75, 3.05) is 25.6 Å². The fourth-order valence-electron chi connectivity index (χ4n) is 6.81. The Kier molecular flexibility index (Phi) is 9.54. The lowest BCUT2D eigenvalue weighted by molar-refractivity contribution is -0.0304. The normalized spacial score (nSPS) is 18.7. The Hall–Kier alpha value is -4.47. The van der Waals surface area contributed by atoms with Crippen LogP contribution >= 0.6 is 23.2 Å². The summed E-state index contributed by atoms with van der Waals surface area (Å²) in [5, 5.41) is 17.3. The molecule has 4 heterocycles. The van der Waals surface area contributed by atoms with Crippen molar-refractivity contribution in [3.05, 3.63) is 90.3 Å². The second kappa shape index (κ2) is 13.9. The molecule has 3 aromatic heterocycles. The van der Waals surface area contributed by atoms with E-state index in [0.29, 0.717) is 52.9 Å². The molecule has 51 heavy (non-hydrogen) atoms. The number of ether oxygens (including phenoxy) is 2. The molecule has 16 heteroatoms. The zero-order chi connectivity index (χ0) is 36.1. The van der Waals surface area contributed by atoms with Crippen LogP contribution in [0.4, 0.5) is 20.3 Å². The van der Waals surface area contributed by atoms with Gasteiger partial charge in [-0.1, -0.05) is 53.5 Å². The van der Waals surface area contributed by atoms with Crippen LogP contribution in [0.3, 0.4) is 0 Å². The minimum atomic E-state index is -3.08. The van der Waals surface area contributed by atoms with Gasteiger partial charge in [0.1, 0.15) is 11.2 Å². The van der Waals surface area contributed by atoms with Crippen LogP contribution in [0, 0.1) is 0 Å². The predicted molar refractivity (Wildman–Crippen MR) is 189 cm³/mol. The SMILES string of the molecule is COc1nc(-c2cccc(-c3cccc(Nc4nc(C(F)F)nc5c4c(=O)n(C)c(=O)n5C)c3Cl)c2Cl)cc2c1[C@@H](N[C@H]1CCOC[C@H]1O)CC2. The minimum absolute atomic E-state index is 0.0426. The van der Waals surface area contributed by atoms with Crippen LogP contribution in [0.5, 0.6) is 5.88 Å². The van der Waals surface area contributed by atoms with Gasteiger partial charge in [-0.25, -0.2) is 28.5 Å². The third-order valence-corrected chi connectivity index (χ3v) is 10.2. The number of nitrogens with zero attached hydrogens (tertiary/aromatic N) is 5. The number of anilines is 2. The number of alkyl halides is 2. The quantitative estimate of drug-likeness (QED) is 0.187. The van der Waals surface area contributed by atoms with Crippen LogP contribution in [0.2, 0.25) is 10.0 Å². The average Bonchev–Trinajstić information content (AvgIpc) is 3.53. The number of aliphatic hydroxyl groups is 1. The zero-order valence-electron chi connectivity index (χ0n) is 27.7. The Labute approximate surface area is 300 Å². The fraction of sp³-hybridized carbons (Fsp3) is 0.343. The number of rotatable bonds is 8. The lowest BCUT2D eigenvalue weighted by Crippen LogP contribution is -2.47. The van der Waals surface area contributed by atoms with Crippen LogP contribution in [0.25, 0.3) is 33.4 Å². The topological polar surface area (TPSA) is 145 Å². The molecule has 12 nitrogen and oxygen atoms in total. The van der Waals surface area contributed by atoms with Crippen molar-refractivity contribution < 1.29 is 23.4 Å². The van der Waals surface area contributed by atoms with E-state index in [1.807, 2.05) is 18.2 Å². The Bertz CT molecular complexity index is 2300. The summed E-state index contributed by atoms with van der Waals surface area (Å²) >= 11 is 14.1. The highest BCUT2D eigenvalue weighted by atomic mass is 35.5. The zero-order valence-corrected chi connectivity index (χ0v) is 29.2. The van der Waals surface area contributed by atoms with Gasteiger partial charge in [-0.2, -0.15) is 0 Å². The molecular weight excluding hydrogens is 707 g/mol. The number of aromatic nitrogens is 5. The number of nitrogens with one attached hydrogen (secondary N) is 2. The molecule has 0 spiro atoms. The van der Waals surface area contributed by atoms with Gasteiger partial charge < -0.3 is 25.2 Å². The highest BCUT2D eigenvalue weighted by Gasteiger charge is 2.33. The molecule has 0 radical (unpaired) electrons. The number of benzene rings is 2. The summed E-state index contributed by atoms with van der Waals surface area (Å²) in [6, 6.07) is 12.4. The average molecular weight is 741 g/mol. The molecule has 0 saturated carbocycles. The van der Waals surface area contributed by atoms with Crippen molar-refractivity contribution in [2.24, 2.45) is 14.1 Å². The molecule has 1 aliphatic heterocycles. The van der Waals surface area contributed by atoms with E-state index in [9.17, 15) is 23.5 Å². The second-order valence-electron chi connectivity index (χ2n) is 12.5. The van der Waals surface area contributed by atoms with Crippen molar-refractivity contribution in [3.8, 4) is 28.3 Å². The lowest BCUT2D eigenvalue weighted by Gasteiger charge is -2.31. The standard InChI is InChI=1S/C35H33Cl2F2N7O5/c1-45-32-26(34(48)46(2)35(45)49)30(43-31(44-32)29(38)39)41-22-9-5-7-18(28(22)37)17-6-4-8-19(27(17)36)23-14-16-10-11-21(25(16)33(42-23)50-3)40-20-12-13-51-15-24(20)47/h4-9,14,20-21,24,29,40,47H,10-13,15H2,1-3H3,(H,41,43,44)/t20-,21-,24+/m0/s1. The van der Waals surface area contributed by atoms with Gasteiger partial charge in [0.2, 0.25) is 5.88 Å². The fourth-order valence-corrected chi connectivity index (χ4v) is 7.41. The molecule has 1 aliphatic carbocycles. The molecule has 2 aliphatic rings. The van der Waals surface area contributed by atoms with Crippen LogP contribution in [0.1, 0.15) is 42.3 Å². The van der Waals surface area contributed by atoms with E-state index in [1.54, 1.807) is 31.4 Å². The number of methoxy groups -OCH3 is 1. The van der Waals surface area contributed by atoms with E-state index < -0.39 is 29.6 Å². The summed E-state index contributed by atoms with van der Waals surface area (Å²) in [5.74, 6) is -0.635. The van der Waals surface area contributed by atoms with Gasteiger partial charge in [0.05, 0.1) is 41.2 Å².